The van der Waals surface area contributed by atoms with Crippen LogP contribution in [0.5, 0.6) is 0 Å². The molecule has 1 rings (SSSR count). The van der Waals surface area contributed by atoms with Crippen LogP contribution in [0.2, 0.25) is 0 Å². The Morgan fingerprint density at radius 2 is 2.33 bits per heavy atom. The van der Waals surface area contributed by atoms with Gasteiger partial charge in [-0.05, 0) is 24.1 Å². The summed E-state index contributed by atoms with van der Waals surface area (Å²) in [6, 6.07) is 7.00. The van der Waals surface area contributed by atoms with Gasteiger partial charge in [0.2, 0.25) is 0 Å². The molecule has 0 aliphatic rings. The lowest BCUT2D eigenvalue weighted by Crippen LogP contribution is -1.79. The molecule has 0 aliphatic heterocycles. The summed E-state index contributed by atoms with van der Waals surface area (Å²) >= 11 is 0. The molecule has 1 aromatic carbocycles. The molecule has 1 aromatic rings. The third kappa shape index (κ3) is 1.54. The van der Waals surface area contributed by atoms with E-state index >= 15 is 0 Å². The molecule has 0 radical (unpaired) electrons. The van der Waals surface area contributed by atoms with Crippen LogP contribution in [0.4, 0.5) is 5.69 Å². The summed E-state index contributed by atoms with van der Waals surface area (Å²) in [5.41, 5.74) is 10.0. The van der Waals surface area contributed by atoms with Crippen molar-refractivity contribution in [2.45, 2.75) is 6.92 Å². The molecule has 12 heavy (non-hydrogen) atoms. The molecule has 0 amide bonds. The molecular formula is C8H6N4. The predicted molar refractivity (Wildman–Crippen MR) is 44.7 cm³/mol. The van der Waals surface area contributed by atoms with Crippen molar-refractivity contribution in [3.8, 4) is 6.07 Å². The van der Waals surface area contributed by atoms with Crippen molar-refractivity contribution >= 4 is 5.69 Å². The molecule has 4 nitrogen and oxygen atoms in total. The minimum absolute atomic E-state index is 0.472. The fourth-order valence-electron chi connectivity index (χ4n) is 0.844. The van der Waals surface area contributed by atoms with Crippen molar-refractivity contribution in [1.82, 2.24) is 0 Å². The van der Waals surface area contributed by atoms with Crippen LogP contribution in [0.25, 0.3) is 10.4 Å². The predicted octanol–water partition coefficient (Wildman–Crippen LogP) is 2.81. The quantitative estimate of drug-likeness (QED) is 0.352. The molecular weight excluding hydrogens is 152 g/mol. The molecule has 4 heteroatoms. The van der Waals surface area contributed by atoms with E-state index in [1.165, 1.54) is 0 Å². The van der Waals surface area contributed by atoms with Crippen LogP contribution in [0, 0.1) is 18.3 Å². The van der Waals surface area contributed by atoms with E-state index in [2.05, 4.69) is 10.0 Å². The number of aryl methyl sites for hydroxylation is 1. The number of nitriles is 1. The van der Waals surface area contributed by atoms with Gasteiger partial charge in [0.15, 0.2) is 0 Å². The molecule has 0 aromatic heterocycles. The highest BCUT2D eigenvalue weighted by atomic mass is 15.1. The molecule has 0 heterocycles. The van der Waals surface area contributed by atoms with Crippen molar-refractivity contribution in [3.63, 3.8) is 0 Å². The SMILES string of the molecule is Cc1ccc(N=[N+]=[N-])cc1C#N. The van der Waals surface area contributed by atoms with Gasteiger partial charge >= 0.3 is 0 Å². The molecule has 0 saturated carbocycles. The number of azide groups is 1. The Kier molecular flexibility index (Phi) is 2.32. The molecule has 0 bridgehead atoms. The third-order valence-electron chi connectivity index (χ3n) is 1.50. The van der Waals surface area contributed by atoms with E-state index < -0.39 is 0 Å². The standard InChI is InChI=1S/C8H6N4/c1-6-2-3-8(11-12-10)4-7(6)5-9/h2-4H,1H3. The first-order valence-electron chi connectivity index (χ1n) is 3.34. The average Bonchev–Trinajstić information content (AvgIpc) is 2.09. The molecule has 0 fully saturated rings. The van der Waals surface area contributed by atoms with E-state index in [9.17, 15) is 0 Å². The van der Waals surface area contributed by atoms with E-state index in [-0.39, 0.29) is 0 Å². The fraction of sp³-hybridized carbons (Fsp3) is 0.125. The van der Waals surface area contributed by atoms with Gasteiger partial charge in [-0.2, -0.15) is 5.26 Å². The summed E-state index contributed by atoms with van der Waals surface area (Å²) in [6.45, 7) is 1.83. The van der Waals surface area contributed by atoms with E-state index in [0.717, 1.165) is 5.56 Å². The zero-order chi connectivity index (χ0) is 8.97. The Balaban J connectivity index is 3.24. The van der Waals surface area contributed by atoms with Gasteiger partial charge in [0.25, 0.3) is 0 Å². The van der Waals surface area contributed by atoms with Gasteiger partial charge < -0.3 is 0 Å². The molecule has 0 unspecified atom stereocenters. The van der Waals surface area contributed by atoms with Crippen LogP contribution in [-0.2, 0) is 0 Å². The highest BCUT2D eigenvalue weighted by Crippen LogP contribution is 2.16. The van der Waals surface area contributed by atoms with E-state index in [0.29, 0.717) is 11.3 Å². The number of nitrogens with zero attached hydrogens (tertiary/aromatic N) is 4. The van der Waals surface area contributed by atoms with Gasteiger partial charge in [0.05, 0.1) is 11.6 Å². The lowest BCUT2D eigenvalue weighted by atomic mass is 10.1. The van der Waals surface area contributed by atoms with Crippen LogP contribution in [0.1, 0.15) is 11.1 Å². The van der Waals surface area contributed by atoms with Crippen LogP contribution in [-0.4, -0.2) is 0 Å². The Labute approximate surface area is 69.7 Å². The van der Waals surface area contributed by atoms with Crippen molar-refractivity contribution in [3.05, 3.63) is 39.8 Å². The van der Waals surface area contributed by atoms with E-state index in [4.69, 9.17) is 10.8 Å². The van der Waals surface area contributed by atoms with Gasteiger partial charge in [-0.25, -0.2) is 0 Å². The molecule has 0 aliphatic carbocycles. The number of hydrogen-bond acceptors (Lipinski definition) is 2. The van der Waals surface area contributed by atoms with Crippen molar-refractivity contribution in [2.24, 2.45) is 5.11 Å². The summed E-state index contributed by atoms with van der Waals surface area (Å²) in [4.78, 5) is 2.63. The summed E-state index contributed by atoms with van der Waals surface area (Å²) in [5, 5.41) is 12.0. The molecule has 58 valence electrons. The van der Waals surface area contributed by atoms with Gasteiger partial charge in [-0.3, -0.25) is 0 Å². The Hall–Kier alpha value is -1.98. The summed E-state index contributed by atoms with van der Waals surface area (Å²) in [5.74, 6) is 0. The molecule has 0 atom stereocenters. The average molecular weight is 158 g/mol. The third-order valence-corrected chi connectivity index (χ3v) is 1.50. The maximum absolute atomic E-state index is 8.63. The smallest absolute Gasteiger partial charge is 0.0994 e. The minimum Gasteiger partial charge on any atom is -0.192 e. The first-order chi connectivity index (χ1) is 5.77. The molecule has 0 N–H and O–H groups in total. The lowest BCUT2D eigenvalue weighted by Gasteiger charge is -1.96. The topological polar surface area (TPSA) is 72.6 Å². The van der Waals surface area contributed by atoms with Crippen molar-refractivity contribution in [2.75, 3.05) is 0 Å². The van der Waals surface area contributed by atoms with Gasteiger partial charge in [-0.15, -0.1) is 0 Å². The summed E-state index contributed by atoms with van der Waals surface area (Å²) < 4.78 is 0. The zero-order valence-electron chi connectivity index (χ0n) is 6.52. The lowest BCUT2D eigenvalue weighted by molar-refractivity contribution is 1.36. The second-order valence-electron chi connectivity index (χ2n) is 2.30. The first-order valence-corrected chi connectivity index (χ1v) is 3.34. The molecule has 0 saturated heterocycles. The van der Waals surface area contributed by atoms with Crippen LogP contribution in [0.3, 0.4) is 0 Å². The monoisotopic (exact) mass is 158 g/mol. The van der Waals surface area contributed by atoms with Gasteiger partial charge in [0.1, 0.15) is 0 Å². The maximum atomic E-state index is 8.63. The zero-order valence-corrected chi connectivity index (χ0v) is 6.52. The summed E-state index contributed by atoms with van der Waals surface area (Å²) in [7, 11) is 0. The van der Waals surface area contributed by atoms with Crippen LogP contribution < -0.4 is 0 Å². The second kappa shape index (κ2) is 3.42. The Morgan fingerprint density at radius 1 is 1.58 bits per heavy atom. The number of hydrogen-bond donors (Lipinski definition) is 0. The van der Waals surface area contributed by atoms with E-state index in [1.807, 2.05) is 13.0 Å². The Morgan fingerprint density at radius 3 is 2.92 bits per heavy atom. The Bertz CT molecular complexity index is 383. The van der Waals surface area contributed by atoms with Gasteiger partial charge in [-0.1, -0.05) is 17.2 Å². The molecule has 0 spiro atoms. The fourth-order valence-corrected chi connectivity index (χ4v) is 0.844. The number of benzene rings is 1. The maximum Gasteiger partial charge on any atom is 0.0994 e. The first kappa shape index (κ1) is 8.12. The van der Waals surface area contributed by atoms with Crippen LogP contribution >= 0.6 is 0 Å². The highest BCUT2D eigenvalue weighted by molar-refractivity contribution is 5.48. The number of rotatable bonds is 1. The van der Waals surface area contributed by atoms with Crippen LogP contribution in [0.15, 0.2) is 23.3 Å². The van der Waals surface area contributed by atoms with Crippen molar-refractivity contribution < 1.29 is 0 Å². The van der Waals surface area contributed by atoms with Gasteiger partial charge in [0, 0.05) is 10.6 Å². The second-order valence-corrected chi connectivity index (χ2v) is 2.30. The van der Waals surface area contributed by atoms with Crippen molar-refractivity contribution in [1.29, 1.82) is 5.26 Å². The van der Waals surface area contributed by atoms with E-state index in [1.54, 1.807) is 18.2 Å². The summed E-state index contributed by atoms with van der Waals surface area (Å²) in [6.07, 6.45) is 0. The minimum atomic E-state index is 0.472. The largest absolute Gasteiger partial charge is 0.192 e. The normalized spacial score (nSPS) is 8.33. The highest BCUT2D eigenvalue weighted by Gasteiger charge is 1.96.